The molecule has 3 fully saturated rings. The zero-order valence-corrected chi connectivity index (χ0v) is 26.1. The van der Waals surface area contributed by atoms with E-state index in [1.807, 2.05) is 0 Å². The number of carbonyl (C=O) groups excluding carboxylic acids is 3. The molecular weight excluding hydrogens is 622 g/mol. The summed E-state index contributed by atoms with van der Waals surface area (Å²) in [6.07, 6.45) is 0. The zero-order chi connectivity index (χ0) is 31.6. The van der Waals surface area contributed by atoms with Gasteiger partial charge in [0.15, 0.2) is 0 Å². The summed E-state index contributed by atoms with van der Waals surface area (Å²) in [5.74, 6) is -4.14. The highest BCUT2D eigenvalue weighted by Crippen LogP contribution is 2.51. The van der Waals surface area contributed by atoms with E-state index >= 15 is 0 Å². The number of halogens is 1. The monoisotopic (exact) mass is 651 g/mol. The SMILES string of the molecule is Cc1onc(-c2ccccc2Cl)c1C(=O)NC(C(=O)N[C@@H]1C(=O)N2[C@@H]1SC(C)(C)[C@@H]2C(=O)O)C1N[C@@H](C(=O)O)C(C)(C)S1. The number of aromatic nitrogens is 1. The number of carbonyl (C=O) groups is 5. The van der Waals surface area contributed by atoms with E-state index < -0.39 is 74.1 Å². The lowest BCUT2D eigenvalue weighted by Crippen LogP contribution is -2.72. The molecule has 230 valence electrons. The number of hydrogen-bond donors (Lipinski definition) is 5. The van der Waals surface area contributed by atoms with Gasteiger partial charge in [-0.15, -0.1) is 23.5 Å². The molecule has 1 aromatic carbocycles. The van der Waals surface area contributed by atoms with Crippen LogP contribution in [-0.4, -0.2) is 94.3 Å². The highest BCUT2D eigenvalue weighted by molar-refractivity contribution is 8.02. The Morgan fingerprint density at radius 3 is 2.37 bits per heavy atom. The Kier molecular flexibility index (Phi) is 7.99. The molecule has 4 heterocycles. The van der Waals surface area contributed by atoms with Gasteiger partial charge < -0.3 is 30.3 Å². The third-order valence-corrected chi connectivity index (χ3v) is 11.2. The number of nitrogens with one attached hydrogen (secondary N) is 3. The molecule has 0 spiro atoms. The fraction of sp³-hybridized carbons (Fsp3) is 0.481. The molecule has 0 saturated carbocycles. The van der Waals surface area contributed by atoms with Crippen LogP contribution in [0.3, 0.4) is 0 Å². The summed E-state index contributed by atoms with van der Waals surface area (Å²) in [4.78, 5) is 65.8. The molecule has 13 nitrogen and oxygen atoms in total. The van der Waals surface area contributed by atoms with Crippen LogP contribution in [0.4, 0.5) is 0 Å². The lowest BCUT2D eigenvalue weighted by molar-refractivity contribution is -0.161. The van der Waals surface area contributed by atoms with Gasteiger partial charge in [0.25, 0.3) is 5.91 Å². The minimum atomic E-state index is -1.36. The predicted octanol–water partition coefficient (Wildman–Crippen LogP) is 1.93. The Morgan fingerprint density at radius 2 is 1.77 bits per heavy atom. The number of thioether (sulfide) groups is 2. The van der Waals surface area contributed by atoms with Crippen molar-refractivity contribution in [1.82, 2.24) is 26.0 Å². The quantitative estimate of drug-likeness (QED) is 0.261. The minimum Gasteiger partial charge on any atom is -0.480 e. The molecular formula is C27H30ClN5O8S2. The molecule has 0 radical (unpaired) electrons. The van der Waals surface area contributed by atoms with Crippen LogP contribution < -0.4 is 16.0 Å². The Hall–Kier alpha value is -3.27. The predicted molar refractivity (Wildman–Crippen MR) is 159 cm³/mol. The topological polar surface area (TPSA) is 191 Å². The van der Waals surface area contributed by atoms with E-state index in [-0.39, 0.29) is 17.0 Å². The average Bonchev–Trinajstić information content (AvgIpc) is 3.54. The standard InChI is InChI=1S/C27H30ClN5O8S2/c1-10-13(14(32-41-10)11-8-6-7-9-12(11)28)19(34)29-15(21-31-17(24(37)38)26(2,3)42-21)20(35)30-16-22(36)33-18(25(39)40)27(4,5)43-23(16)33/h6-9,15-18,21,23,31H,1-5H3,(H,29,34)(H,30,35)(H,37,38)(H,39,40)/t15?,16-,17+,18+,21?,23-/m1/s1. The van der Waals surface area contributed by atoms with Crippen LogP contribution in [0.2, 0.25) is 5.02 Å². The maximum atomic E-state index is 13.8. The average molecular weight is 652 g/mol. The number of fused-ring (bicyclic) bond motifs is 1. The second kappa shape index (κ2) is 11.0. The molecule has 3 aliphatic rings. The first-order valence-electron chi connectivity index (χ1n) is 13.3. The molecule has 2 aromatic rings. The summed E-state index contributed by atoms with van der Waals surface area (Å²) >= 11 is 8.77. The lowest BCUT2D eigenvalue weighted by Gasteiger charge is -2.44. The van der Waals surface area contributed by atoms with Gasteiger partial charge >= 0.3 is 11.9 Å². The first-order chi connectivity index (χ1) is 20.0. The van der Waals surface area contributed by atoms with Crippen LogP contribution in [0.5, 0.6) is 0 Å². The number of nitrogens with zero attached hydrogens (tertiary/aromatic N) is 2. The van der Waals surface area contributed by atoms with Crippen LogP contribution in [0.1, 0.15) is 43.8 Å². The van der Waals surface area contributed by atoms with Crippen molar-refractivity contribution >= 4 is 64.8 Å². The molecule has 0 aliphatic carbocycles. The molecule has 3 aliphatic heterocycles. The van der Waals surface area contributed by atoms with E-state index in [0.29, 0.717) is 10.6 Å². The van der Waals surface area contributed by atoms with Crippen LogP contribution in [0.15, 0.2) is 28.8 Å². The van der Waals surface area contributed by atoms with Crippen LogP contribution >= 0.6 is 35.1 Å². The van der Waals surface area contributed by atoms with E-state index in [4.69, 9.17) is 16.1 Å². The van der Waals surface area contributed by atoms with Crippen molar-refractivity contribution < 1.29 is 38.7 Å². The van der Waals surface area contributed by atoms with Crippen molar-refractivity contribution in [3.05, 3.63) is 40.6 Å². The van der Waals surface area contributed by atoms with E-state index in [2.05, 4.69) is 21.1 Å². The Bertz CT molecular complexity index is 1530. The van der Waals surface area contributed by atoms with Gasteiger partial charge in [0.05, 0.1) is 10.4 Å². The third kappa shape index (κ3) is 5.36. The van der Waals surface area contributed by atoms with E-state index in [0.717, 1.165) is 11.8 Å². The summed E-state index contributed by atoms with van der Waals surface area (Å²) in [6, 6.07) is 2.21. The summed E-state index contributed by atoms with van der Waals surface area (Å²) in [5, 5.41) is 30.6. The van der Waals surface area contributed by atoms with Crippen molar-refractivity contribution in [2.45, 2.75) is 79.0 Å². The van der Waals surface area contributed by atoms with E-state index in [1.54, 1.807) is 52.0 Å². The van der Waals surface area contributed by atoms with Gasteiger partial charge in [-0.2, -0.15) is 0 Å². The summed E-state index contributed by atoms with van der Waals surface area (Å²) in [6.45, 7) is 8.38. The number of aryl methyl sites for hydroxylation is 1. The number of carboxylic acids is 2. The van der Waals surface area contributed by atoms with Crippen molar-refractivity contribution in [1.29, 1.82) is 0 Å². The summed E-state index contributed by atoms with van der Waals surface area (Å²) in [5.41, 5.74) is 0.623. The molecule has 3 amide bonds. The normalized spacial score (nSPS) is 27.6. The maximum Gasteiger partial charge on any atom is 0.327 e. The maximum absolute atomic E-state index is 13.8. The van der Waals surface area contributed by atoms with Gasteiger partial charge in [0.1, 0.15) is 46.6 Å². The number of carboxylic acid groups (broad SMARTS) is 2. The van der Waals surface area contributed by atoms with Gasteiger partial charge in [-0.1, -0.05) is 35.0 Å². The highest BCUT2D eigenvalue weighted by atomic mass is 35.5. The first-order valence-corrected chi connectivity index (χ1v) is 15.4. The second-order valence-electron chi connectivity index (χ2n) is 11.6. The zero-order valence-electron chi connectivity index (χ0n) is 23.7. The smallest absolute Gasteiger partial charge is 0.327 e. The first kappa shape index (κ1) is 31.2. The molecule has 2 unspecified atom stereocenters. The van der Waals surface area contributed by atoms with Gasteiger partial charge in [0.2, 0.25) is 11.8 Å². The molecule has 6 atom stereocenters. The third-order valence-electron chi connectivity index (χ3n) is 7.77. The Morgan fingerprint density at radius 1 is 1.09 bits per heavy atom. The largest absolute Gasteiger partial charge is 0.480 e. The summed E-state index contributed by atoms with van der Waals surface area (Å²) < 4.78 is 3.64. The van der Waals surface area contributed by atoms with E-state index in [1.165, 1.54) is 23.6 Å². The molecule has 1 aromatic heterocycles. The molecule has 16 heteroatoms. The molecule has 0 bridgehead atoms. The van der Waals surface area contributed by atoms with Gasteiger partial charge in [-0.25, -0.2) is 4.79 Å². The van der Waals surface area contributed by atoms with Gasteiger partial charge in [-0.3, -0.25) is 24.5 Å². The van der Waals surface area contributed by atoms with Crippen LogP contribution in [0.25, 0.3) is 11.3 Å². The molecule has 5 N–H and O–H groups in total. The summed E-state index contributed by atoms with van der Waals surface area (Å²) in [7, 11) is 0. The molecule has 3 saturated heterocycles. The Balaban J connectivity index is 1.44. The van der Waals surface area contributed by atoms with Gasteiger partial charge in [-0.05, 0) is 40.7 Å². The minimum absolute atomic E-state index is 0.0336. The molecule has 5 rings (SSSR count). The number of rotatable bonds is 8. The number of benzene rings is 1. The van der Waals surface area contributed by atoms with Gasteiger partial charge in [0, 0.05) is 15.1 Å². The van der Waals surface area contributed by atoms with Crippen molar-refractivity contribution in [2.75, 3.05) is 0 Å². The highest BCUT2D eigenvalue weighted by Gasteiger charge is 2.64. The van der Waals surface area contributed by atoms with Crippen molar-refractivity contribution in [3.8, 4) is 11.3 Å². The Labute approximate surface area is 259 Å². The number of hydrogen-bond acceptors (Lipinski definition) is 10. The van der Waals surface area contributed by atoms with Crippen LogP contribution in [-0.2, 0) is 19.2 Å². The molecule has 43 heavy (non-hydrogen) atoms. The fourth-order valence-electron chi connectivity index (χ4n) is 5.68. The van der Waals surface area contributed by atoms with Crippen molar-refractivity contribution in [2.24, 2.45) is 0 Å². The van der Waals surface area contributed by atoms with Crippen molar-refractivity contribution in [3.63, 3.8) is 0 Å². The second-order valence-corrected chi connectivity index (χ2v) is 15.5. The number of amides is 3. The lowest BCUT2D eigenvalue weighted by atomic mass is 9.96. The van der Waals surface area contributed by atoms with E-state index in [9.17, 15) is 34.2 Å². The fourth-order valence-corrected chi connectivity index (χ4v) is 9.03. The number of β-lactam (4-membered cyclic amide) rings is 1. The van der Waals surface area contributed by atoms with Crippen LogP contribution in [0, 0.1) is 6.92 Å². The number of aliphatic carboxylic acids is 2.